The molecule has 0 saturated carbocycles. The lowest BCUT2D eigenvalue weighted by molar-refractivity contribution is 0.550. The van der Waals surface area contributed by atoms with Gasteiger partial charge in [0.1, 0.15) is 5.82 Å². The van der Waals surface area contributed by atoms with Crippen LogP contribution in [0.3, 0.4) is 0 Å². The number of hydrogen-bond acceptors (Lipinski definition) is 1. The second-order valence-electron chi connectivity index (χ2n) is 3.86. The van der Waals surface area contributed by atoms with E-state index in [0.717, 1.165) is 11.1 Å². The number of fused-ring (bicyclic) bond motifs is 1. The Morgan fingerprint density at radius 3 is 2.71 bits per heavy atom. The fraction of sp³-hybridized carbons (Fsp3) is 0.364. The molecule has 1 heterocycles. The molecule has 0 amide bonds. The van der Waals surface area contributed by atoms with Gasteiger partial charge in [0.15, 0.2) is 0 Å². The van der Waals surface area contributed by atoms with Crippen molar-refractivity contribution in [1.29, 1.82) is 0 Å². The van der Waals surface area contributed by atoms with Crippen LogP contribution in [-0.2, 0) is 0 Å². The highest BCUT2D eigenvalue weighted by atomic mass is 19.1. The van der Waals surface area contributed by atoms with E-state index in [-0.39, 0.29) is 11.9 Å². The van der Waals surface area contributed by atoms with Gasteiger partial charge in [-0.3, -0.25) is 4.68 Å². The zero-order chi connectivity index (χ0) is 10.3. The van der Waals surface area contributed by atoms with Gasteiger partial charge in [-0.2, -0.15) is 5.10 Å². The first-order chi connectivity index (χ1) is 6.59. The summed E-state index contributed by atoms with van der Waals surface area (Å²) in [5.41, 5.74) is 1.80. The summed E-state index contributed by atoms with van der Waals surface area (Å²) in [6.45, 7) is 5.96. The zero-order valence-corrected chi connectivity index (χ0v) is 8.58. The van der Waals surface area contributed by atoms with Crippen LogP contribution >= 0.6 is 0 Å². The molecule has 3 heteroatoms. The van der Waals surface area contributed by atoms with E-state index >= 15 is 0 Å². The highest BCUT2D eigenvalue weighted by Crippen LogP contribution is 2.21. The number of aryl methyl sites for hydroxylation is 1. The van der Waals surface area contributed by atoms with E-state index in [9.17, 15) is 4.39 Å². The molecule has 0 spiro atoms. The van der Waals surface area contributed by atoms with Crippen molar-refractivity contribution in [2.75, 3.05) is 0 Å². The number of nitrogens with zero attached hydrogens (tertiary/aromatic N) is 2. The van der Waals surface area contributed by atoms with Gasteiger partial charge in [0.2, 0.25) is 0 Å². The average molecular weight is 192 g/mol. The maximum Gasteiger partial charge on any atom is 0.134 e. The summed E-state index contributed by atoms with van der Waals surface area (Å²) in [6, 6.07) is 3.76. The molecule has 14 heavy (non-hydrogen) atoms. The third-order valence-corrected chi connectivity index (χ3v) is 2.30. The summed E-state index contributed by atoms with van der Waals surface area (Å²) in [5, 5.41) is 4.77. The third kappa shape index (κ3) is 1.29. The van der Waals surface area contributed by atoms with Crippen LogP contribution in [0.2, 0.25) is 0 Å². The Labute approximate surface area is 82.3 Å². The third-order valence-electron chi connectivity index (χ3n) is 2.30. The van der Waals surface area contributed by atoms with Crippen LogP contribution in [0.15, 0.2) is 18.3 Å². The molecule has 74 valence electrons. The smallest absolute Gasteiger partial charge is 0.134 e. The van der Waals surface area contributed by atoms with Crippen LogP contribution in [0, 0.1) is 12.7 Å². The van der Waals surface area contributed by atoms with Gasteiger partial charge in [0.25, 0.3) is 0 Å². The lowest BCUT2D eigenvalue weighted by atomic mass is 10.2. The lowest BCUT2D eigenvalue weighted by Crippen LogP contribution is -2.02. The van der Waals surface area contributed by atoms with Gasteiger partial charge >= 0.3 is 0 Å². The molecule has 2 rings (SSSR count). The number of rotatable bonds is 1. The molecular formula is C11H13FN2. The quantitative estimate of drug-likeness (QED) is 0.679. The molecule has 0 aliphatic heterocycles. The second-order valence-corrected chi connectivity index (χ2v) is 3.86. The Hall–Kier alpha value is -1.38. The van der Waals surface area contributed by atoms with Gasteiger partial charge in [-0.05, 0) is 38.5 Å². The topological polar surface area (TPSA) is 17.8 Å². The normalized spacial score (nSPS) is 11.5. The fourth-order valence-electron chi connectivity index (χ4n) is 1.65. The Morgan fingerprint density at radius 1 is 1.36 bits per heavy atom. The van der Waals surface area contributed by atoms with Crippen molar-refractivity contribution in [3.05, 3.63) is 29.7 Å². The van der Waals surface area contributed by atoms with Gasteiger partial charge in [0, 0.05) is 6.04 Å². The Bertz CT molecular complexity index is 471. The van der Waals surface area contributed by atoms with E-state index in [1.54, 1.807) is 6.20 Å². The van der Waals surface area contributed by atoms with Crippen LogP contribution in [0.25, 0.3) is 10.9 Å². The van der Waals surface area contributed by atoms with Gasteiger partial charge in [-0.1, -0.05) is 0 Å². The molecule has 0 bridgehead atoms. The molecule has 0 N–H and O–H groups in total. The van der Waals surface area contributed by atoms with E-state index in [2.05, 4.69) is 5.10 Å². The SMILES string of the molecule is Cc1cc(F)c2cnn(C(C)C)c2c1. The molecule has 0 saturated heterocycles. The van der Waals surface area contributed by atoms with Crippen molar-refractivity contribution in [3.63, 3.8) is 0 Å². The van der Waals surface area contributed by atoms with E-state index in [1.165, 1.54) is 6.07 Å². The first-order valence-electron chi connectivity index (χ1n) is 4.73. The molecule has 2 nitrogen and oxygen atoms in total. The van der Waals surface area contributed by atoms with Gasteiger partial charge in [-0.25, -0.2) is 4.39 Å². The molecule has 0 atom stereocenters. The van der Waals surface area contributed by atoms with Crippen molar-refractivity contribution >= 4 is 10.9 Å². The van der Waals surface area contributed by atoms with Gasteiger partial charge in [0.05, 0.1) is 17.1 Å². The summed E-state index contributed by atoms with van der Waals surface area (Å²) in [4.78, 5) is 0. The maximum atomic E-state index is 13.5. The average Bonchev–Trinajstić information content (AvgIpc) is 2.47. The van der Waals surface area contributed by atoms with Crippen molar-refractivity contribution < 1.29 is 4.39 Å². The fourth-order valence-corrected chi connectivity index (χ4v) is 1.65. The number of halogens is 1. The minimum atomic E-state index is -0.188. The van der Waals surface area contributed by atoms with Gasteiger partial charge < -0.3 is 0 Å². The van der Waals surface area contributed by atoms with Crippen LogP contribution in [0.1, 0.15) is 25.5 Å². The zero-order valence-electron chi connectivity index (χ0n) is 8.58. The molecule has 0 aliphatic rings. The van der Waals surface area contributed by atoms with Crippen molar-refractivity contribution in [1.82, 2.24) is 9.78 Å². The summed E-state index contributed by atoms with van der Waals surface area (Å²) in [5.74, 6) is -0.188. The predicted octanol–water partition coefficient (Wildman–Crippen LogP) is 3.06. The van der Waals surface area contributed by atoms with Crippen LogP contribution in [0.5, 0.6) is 0 Å². The summed E-state index contributed by atoms with van der Waals surface area (Å²) in [6.07, 6.45) is 1.59. The van der Waals surface area contributed by atoms with Crippen molar-refractivity contribution in [2.24, 2.45) is 0 Å². The van der Waals surface area contributed by atoms with Crippen LogP contribution < -0.4 is 0 Å². The molecule has 0 unspecified atom stereocenters. The standard InChI is InChI=1S/C11H13FN2/c1-7(2)14-11-5-8(3)4-10(12)9(11)6-13-14/h4-7H,1-3H3. The molecular weight excluding hydrogens is 179 g/mol. The summed E-state index contributed by atoms with van der Waals surface area (Å²) >= 11 is 0. The van der Waals surface area contributed by atoms with Crippen molar-refractivity contribution in [3.8, 4) is 0 Å². The van der Waals surface area contributed by atoms with E-state index < -0.39 is 0 Å². The molecule has 0 aliphatic carbocycles. The Morgan fingerprint density at radius 2 is 2.07 bits per heavy atom. The predicted molar refractivity (Wildman–Crippen MR) is 54.8 cm³/mol. The van der Waals surface area contributed by atoms with E-state index in [0.29, 0.717) is 5.39 Å². The maximum absolute atomic E-state index is 13.5. The number of benzene rings is 1. The summed E-state index contributed by atoms with van der Waals surface area (Å²) < 4.78 is 15.3. The largest absolute Gasteiger partial charge is 0.262 e. The van der Waals surface area contributed by atoms with Crippen LogP contribution in [-0.4, -0.2) is 9.78 Å². The molecule has 0 radical (unpaired) electrons. The molecule has 1 aromatic carbocycles. The highest BCUT2D eigenvalue weighted by Gasteiger charge is 2.09. The minimum absolute atomic E-state index is 0.188. The first-order valence-corrected chi connectivity index (χ1v) is 4.73. The monoisotopic (exact) mass is 192 g/mol. The Balaban J connectivity index is 2.78. The summed E-state index contributed by atoms with van der Waals surface area (Å²) in [7, 11) is 0. The second kappa shape index (κ2) is 3.08. The molecule has 1 aromatic heterocycles. The molecule has 2 aromatic rings. The first kappa shape index (κ1) is 9.19. The number of hydrogen-bond donors (Lipinski definition) is 0. The minimum Gasteiger partial charge on any atom is -0.262 e. The van der Waals surface area contributed by atoms with Gasteiger partial charge in [-0.15, -0.1) is 0 Å². The lowest BCUT2D eigenvalue weighted by Gasteiger charge is -2.07. The number of aromatic nitrogens is 2. The van der Waals surface area contributed by atoms with Crippen LogP contribution in [0.4, 0.5) is 4.39 Å². The molecule has 0 fully saturated rings. The highest BCUT2D eigenvalue weighted by molar-refractivity contribution is 5.80. The Kier molecular flexibility index (Phi) is 2.02. The van der Waals surface area contributed by atoms with E-state index in [4.69, 9.17) is 0 Å². The van der Waals surface area contributed by atoms with Crippen molar-refractivity contribution in [2.45, 2.75) is 26.8 Å². The van der Waals surface area contributed by atoms with E-state index in [1.807, 2.05) is 31.5 Å².